The van der Waals surface area contributed by atoms with Crippen molar-refractivity contribution in [1.82, 2.24) is 10.3 Å². The van der Waals surface area contributed by atoms with Crippen LogP contribution in [0.2, 0.25) is 0 Å². The van der Waals surface area contributed by atoms with Gasteiger partial charge in [-0.05, 0) is 67.3 Å². The number of nitrogens with zero attached hydrogens (tertiary/aromatic N) is 1. The van der Waals surface area contributed by atoms with E-state index in [1.165, 1.54) is 18.3 Å². The van der Waals surface area contributed by atoms with Gasteiger partial charge in [-0.3, -0.25) is 14.6 Å². The van der Waals surface area contributed by atoms with Crippen molar-refractivity contribution in [2.45, 2.75) is 20.3 Å². The molecule has 29 heavy (non-hydrogen) atoms. The summed E-state index contributed by atoms with van der Waals surface area (Å²) >= 11 is 0. The average molecular weight is 391 g/mol. The third-order valence-corrected chi connectivity index (χ3v) is 4.37. The van der Waals surface area contributed by atoms with Gasteiger partial charge in [0.15, 0.2) is 0 Å². The fourth-order valence-corrected chi connectivity index (χ4v) is 3.05. The monoisotopic (exact) mass is 391 g/mol. The zero-order valence-corrected chi connectivity index (χ0v) is 16.3. The molecule has 0 saturated carbocycles. The van der Waals surface area contributed by atoms with E-state index in [1.54, 1.807) is 24.3 Å². The van der Waals surface area contributed by atoms with E-state index in [9.17, 15) is 14.0 Å². The van der Waals surface area contributed by atoms with Crippen LogP contribution in [0.5, 0.6) is 0 Å². The first-order valence-electron chi connectivity index (χ1n) is 9.29. The van der Waals surface area contributed by atoms with Crippen molar-refractivity contribution < 1.29 is 14.0 Å². The molecule has 0 fully saturated rings. The standard InChI is InChI=1S/C23H22FN3O2/c1-15-11-16(2)13-19(12-15)27-22(28)18-8-9-25-21(14-18)23(29)26-10-7-17-5-3-4-6-20(17)24/h3-6,8-9,11-14H,7,10H2,1-2H3,(H,26,29)(H,27,28). The van der Waals surface area contributed by atoms with E-state index >= 15 is 0 Å². The number of anilines is 1. The first-order valence-corrected chi connectivity index (χ1v) is 9.29. The molecule has 6 heteroatoms. The second kappa shape index (κ2) is 9.10. The molecule has 5 nitrogen and oxygen atoms in total. The Morgan fingerprint density at radius 2 is 1.69 bits per heavy atom. The van der Waals surface area contributed by atoms with Crippen LogP contribution >= 0.6 is 0 Å². The number of aromatic nitrogens is 1. The predicted octanol–water partition coefficient (Wildman–Crippen LogP) is 4.06. The lowest BCUT2D eigenvalue weighted by Crippen LogP contribution is -2.27. The number of benzene rings is 2. The number of aryl methyl sites for hydroxylation is 2. The topological polar surface area (TPSA) is 71.1 Å². The Labute approximate surface area is 169 Å². The second-order valence-electron chi connectivity index (χ2n) is 6.86. The number of hydrogen-bond donors (Lipinski definition) is 2. The number of pyridine rings is 1. The molecule has 2 N–H and O–H groups in total. The maximum Gasteiger partial charge on any atom is 0.269 e. The van der Waals surface area contributed by atoms with E-state index in [0.717, 1.165) is 11.1 Å². The van der Waals surface area contributed by atoms with Crippen LogP contribution in [0.15, 0.2) is 60.8 Å². The third kappa shape index (κ3) is 5.48. The van der Waals surface area contributed by atoms with Gasteiger partial charge in [-0.25, -0.2) is 4.39 Å². The summed E-state index contributed by atoms with van der Waals surface area (Å²) in [6.45, 7) is 4.18. The van der Waals surface area contributed by atoms with Crippen molar-refractivity contribution in [3.63, 3.8) is 0 Å². The lowest BCUT2D eigenvalue weighted by Gasteiger charge is -2.09. The van der Waals surface area contributed by atoms with Crippen molar-refractivity contribution in [3.05, 3.63) is 94.6 Å². The van der Waals surface area contributed by atoms with E-state index in [-0.39, 0.29) is 24.0 Å². The summed E-state index contributed by atoms with van der Waals surface area (Å²) in [4.78, 5) is 28.9. The molecule has 1 heterocycles. The van der Waals surface area contributed by atoms with E-state index in [1.807, 2.05) is 32.0 Å². The van der Waals surface area contributed by atoms with Crippen LogP contribution in [-0.2, 0) is 6.42 Å². The molecule has 3 rings (SSSR count). The number of carbonyl (C=O) groups excluding carboxylic acids is 2. The molecule has 0 atom stereocenters. The molecule has 0 aliphatic carbocycles. The lowest BCUT2D eigenvalue weighted by molar-refractivity contribution is 0.0949. The molecule has 0 saturated heterocycles. The number of rotatable bonds is 6. The van der Waals surface area contributed by atoms with Crippen LogP contribution in [0, 0.1) is 19.7 Å². The van der Waals surface area contributed by atoms with Crippen molar-refractivity contribution >= 4 is 17.5 Å². The van der Waals surface area contributed by atoms with E-state index in [2.05, 4.69) is 15.6 Å². The minimum absolute atomic E-state index is 0.131. The van der Waals surface area contributed by atoms with Gasteiger partial charge in [-0.15, -0.1) is 0 Å². The number of hydrogen-bond acceptors (Lipinski definition) is 3. The van der Waals surface area contributed by atoms with Gasteiger partial charge in [0, 0.05) is 24.0 Å². The maximum atomic E-state index is 13.6. The Balaban J connectivity index is 1.62. The molecule has 0 bridgehead atoms. The summed E-state index contributed by atoms with van der Waals surface area (Å²) in [7, 11) is 0. The minimum Gasteiger partial charge on any atom is -0.350 e. The van der Waals surface area contributed by atoms with Crippen molar-refractivity contribution in [1.29, 1.82) is 0 Å². The summed E-state index contributed by atoms with van der Waals surface area (Å²) in [6.07, 6.45) is 1.79. The molecule has 0 aliphatic rings. The average Bonchev–Trinajstić information content (AvgIpc) is 2.68. The van der Waals surface area contributed by atoms with Crippen LogP contribution in [0.1, 0.15) is 37.5 Å². The Morgan fingerprint density at radius 1 is 0.966 bits per heavy atom. The summed E-state index contributed by atoms with van der Waals surface area (Å²) in [5.41, 5.74) is 3.78. The highest BCUT2D eigenvalue weighted by Crippen LogP contribution is 2.15. The van der Waals surface area contributed by atoms with Gasteiger partial charge in [0.2, 0.25) is 0 Å². The lowest BCUT2D eigenvalue weighted by atomic mass is 10.1. The number of carbonyl (C=O) groups is 2. The highest BCUT2D eigenvalue weighted by atomic mass is 19.1. The zero-order valence-electron chi connectivity index (χ0n) is 16.3. The Kier molecular flexibility index (Phi) is 6.34. The summed E-state index contributed by atoms with van der Waals surface area (Å²) in [6, 6.07) is 15.2. The van der Waals surface area contributed by atoms with Crippen LogP contribution in [0.4, 0.5) is 10.1 Å². The fourth-order valence-electron chi connectivity index (χ4n) is 3.05. The van der Waals surface area contributed by atoms with Crippen molar-refractivity contribution in [2.24, 2.45) is 0 Å². The van der Waals surface area contributed by atoms with Gasteiger partial charge in [0.25, 0.3) is 11.8 Å². The second-order valence-corrected chi connectivity index (χ2v) is 6.86. The molecular weight excluding hydrogens is 369 g/mol. The predicted molar refractivity (Wildman–Crippen MR) is 111 cm³/mol. The van der Waals surface area contributed by atoms with Gasteiger partial charge in [0.1, 0.15) is 11.5 Å². The van der Waals surface area contributed by atoms with E-state index in [4.69, 9.17) is 0 Å². The molecule has 3 aromatic rings. The van der Waals surface area contributed by atoms with Gasteiger partial charge in [-0.2, -0.15) is 0 Å². The summed E-state index contributed by atoms with van der Waals surface area (Å²) < 4.78 is 13.6. The quantitative estimate of drug-likeness (QED) is 0.666. The van der Waals surface area contributed by atoms with E-state index < -0.39 is 5.91 Å². The van der Waals surface area contributed by atoms with Crippen molar-refractivity contribution in [3.8, 4) is 0 Å². The van der Waals surface area contributed by atoms with Crippen LogP contribution in [-0.4, -0.2) is 23.3 Å². The van der Waals surface area contributed by atoms with E-state index in [0.29, 0.717) is 23.2 Å². The normalized spacial score (nSPS) is 10.4. The fraction of sp³-hybridized carbons (Fsp3) is 0.174. The van der Waals surface area contributed by atoms with Crippen molar-refractivity contribution in [2.75, 3.05) is 11.9 Å². The minimum atomic E-state index is -0.414. The molecule has 0 aliphatic heterocycles. The Bertz CT molecular complexity index is 1030. The molecular formula is C23H22FN3O2. The van der Waals surface area contributed by atoms with Gasteiger partial charge in [-0.1, -0.05) is 24.3 Å². The van der Waals surface area contributed by atoms with Gasteiger partial charge >= 0.3 is 0 Å². The first kappa shape index (κ1) is 20.2. The molecule has 1 aromatic heterocycles. The molecule has 148 valence electrons. The van der Waals surface area contributed by atoms with Crippen LogP contribution in [0.25, 0.3) is 0 Å². The van der Waals surface area contributed by atoms with Gasteiger partial charge < -0.3 is 10.6 Å². The largest absolute Gasteiger partial charge is 0.350 e. The summed E-state index contributed by atoms with van der Waals surface area (Å²) in [5.74, 6) is -1.04. The number of amides is 2. The third-order valence-electron chi connectivity index (χ3n) is 4.37. The smallest absolute Gasteiger partial charge is 0.269 e. The van der Waals surface area contributed by atoms with Crippen LogP contribution in [0.3, 0.4) is 0 Å². The molecule has 0 unspecified atom stereocenters. The molecule has 2 amide bonds. The maximum absolute atomic E-state index is 13.6. The van der Waals surface area contributed by atoms with Crippen LogP contribution < -0.4 is 10.6 Å². The highest BCUT2D eigenvalue weighted by molar-refractivity contribution is 6.05. The molecule has 0 spiro atoms. The molecule has 2 aromatic carbocycles. The first-order chi connectivity index (χ1) is 13.9. The number of nitrogens with one attached hydrogen (secondary N) is 2. The molecule has 0 radical (unpaired) electrons. The summed E-state index contributed by atoms with van der Waals surface area (Å²) in [5, 5.41) is 5.54. The Morgan fingerprint density at radius 3 is 2.41 bits per heavy atom. The SMILES string of the molecule is Cc1cc(C)cc(NC(=O)c2ccnc(C(=O)NCCc3ccccc3F)c2)c1. The Hall–Kier alpha value is -3.54. The highest BCUT2D eigenvalue weighted by Gasteiger charge is 2.12. The zero-order chi connectivity index (χ0) is 20.8. The van der Waals surface area contributed by atoms with Gasteiger partial charge in [0.05, 0.1) is 0 Å². The number of halogens is 1.